The molecule has 0 saturated carbocycles. The van der Waals surface area contributed by atoms with Crippen molar-refractivity contribution >= 4 is 17.9 Å². The topological polar surface area (TPSA) is 91.8 Å². The van der Waals surface area contributed by atoms with Gasteiger partial charge in [-0.25, -0.2) is 4.79 Å². The third-order valence-electron chi connectivity index (χ3n) is 2.97. The predicted octanol–water partition coefficient (Wildman–Crippen LogP) is 1.54. The summed E-state index contributed by atoms with van der Waals surface area (Å²) in [6, 6.07) is 1.57. The zero-order chi connectivity index (χ0) is 17.2. The zero-order valence-electron chi connectivity index (χ0n) is 13.5. The summed E-state index contributed by atoms with van der Waals surface area (Å²) in [4.78, 5) is 39.9. The fourth-order valence-corrected chi connectivity index (χ4v) is 1.96. The summed E-state index contributed by atoms with van der Waals surface area (Å²) < 4.78 is 14.8. The normalized spacial score (nSPS) is 10.3. The molecule has 1 rings (SSSR count). The lowest BCUT2D eigenvalue weighted by Crippen LogP contribution is -2.30. The second kappa shape index (κ2) is 9.55. The highest BCUT2D eigenvalue weighted by Crippen LogP contribution is 2.17. The molecule has 1 aromatic rings. The summed E-state index contributed by atoms with van der Waals surface area (Å²) >= 11 is 0. The van der Waals surface area contributed by atoms with Gasteiger partial charge in [-0.05, 0) is 38.8 Å². The van der Waals surface area contributed by atoms with Crippen LogP contribution in [0.2, 0.25) is 0 Å². The van der Waals surface area contributed by atoms with Gasteiger partial charge in [0.25, 0.3) is 0 Å². The molecule has 1 heterocycles. The number of nitrogens with zero attached hydrogens (tertiary/aromatic N) is 1. The van der Waals surface area contributed by atoms with Crippen molar-refractivity contribution in [3.05, 3.63) is 29.6 Å². The van der Waals surface area contributed by atoms with Gasteiger partial charge < -0.3 is 14.2 Å². The van der Waals surface area contributed by atoms with Crippen LogP contribution < -0.4 is 0 Å². The Labute approximate surface area is 134 Å². The van der Waals surface area contributed by atoms with Crippen LogP contribution in [0.4, 0.5) is 0 Å². The molecule has 0 amide bonds. The van der Waals surface area contributed by atoms with E-state index in [2.05, 4.69) is 4.98 Å². The Balaban J connectivity index is 3.05. The molecule has 0 aliphatic carbocycles. The molecule has 23 heavy (non-hydrogen) atoms. The van der Waals surface area contributed by atoms with E-state index in [0.29, 0.717) is 5.56 Å². The Hall–Kier alpha value is -2.44. The van der Waals surface area contributed by atoms with Gasteiger partial charge in [0.1, 0.15) is 0 Å². The summed E-state index contributed by atoms with van der Waals surface area (Å²) in [5.74, 6) is -3.05. The highest BCUT2D eigenvalue weighted by atomic mass is 16.6. The average molecular weight is 323 g/mol. The number of carbonyl (C=O) groups excluding carboxylic acids is 3. The van der Waals surface area contributed by atoms with Crippen LogP contribution in [0, 0.1) is 5.92 Å². The number of rotatable bonds is 8. The lowest BCUT2D eigenvalue weighted by atomic mass is 9.97. The minimum absolute atomic E-state index is 0.0195. The van der Waals surface area contributed by atoms with Gasteiger partial charge in [0.2, 0.25) is 0 Å². The van der Waals surface area contributed by atoms with Crippen molar-refractivity contribution < 1.29 is 28.6 Å². The molecule has 7 heteroatoms. The van der Waals surface area contributed by atoms with Crippen molar-refractivity contribution in [3.8, 4) is 0 Å². The molecule has 1 aromatic heterocycles. The third kappa shape index (κ3) is 5.36. The molecule has 0 fully saturated rings. The highest BCUT2D eigenvalue weighted by molar-refractivity contribution is 5.96. The Morgan fingerprint density at radius 2 is 1.57 bits per heavy atom. The second-order valence-corrected chi connectivity index (χ2v) is 4.51. The van der Waals surface area contributed by atoms with E-state index >= 15 is 0 Å². The first-order valence-electron chi connectivity index (χ1n) is 7.48. The van der Waals surface area contributed by atoms with Gasteiger partial charge in [-0.15, -0.1) is 0 Å². The number of hydrogen-bond donors (Lipinski definition) is 0. The first-order chi connectivity index (χ1) is 11.0. The number of pyridine rings is 1. The van der Waals surface area contributed by atoms with E-state index in [1.165, 1.54) is 12.4 Å². The summed E-state index contributed by atoms with van der Waals surface area (Å²) in [7, 11) is 0. The molecule has 0 bridgehead atoms. The van der Waals surface area contributed by atoms with Crippen LogP contribution in [0.1, 0.15) is 36.7 Å². The largest absolute Gasteiger partial charge is 0.465 e. The van der Waals surface area contributed by atoms with Gasteiger partial charge in [0, 0.05) is 12.4 Å². The van der Waals surface area contributed by atoms with E-state index in [4.69, 9.17) is 14.2 Å². The van der Waals surface area contributed by atoms with Crippen molar-refractivity contribution in [2.75, 3.05) is 19.8 Å². The van der Waals surface area contributed by atoms with Crippen LogP contribution in [0.3, 0.4) is 0 Å². The summed E-state index contributed by atoms with van der Waals surface area (Å²) in [5.41, 5.74) is 0.692. The Kier molecular flexibility index (Phi) is 7.73. The lowest BCUT2D eigenvalue weighted by Gasteiger charge is -2.15. The molecule has 0 spiro atoms. The number of ether oxygens (including phenoxy) is 3. The molecule has 0 aliphatic heterocycles. The fourth-order valence-electron chi connectivity index (χ4n) is 1.96. The predicted molar refractivity (Wildman–Crippen MR) is 80.7 cm³/mol. The van der Waals surface area contributed by atoms with Crippen molar-refractivity contribution in [2.24, 2.45) is 5.92 Å². The van der Waals surface area contributed by atoms with Crippen LogP contribution in [0.5, 0.6) is 0 Å². The van der Waals surface area contributed by atoms with E-state index in [0.717, 1.165) is 0 Å². The number of esters is 3. The smallest absolute Gasteiger partial charge is 0.339 e. The molecule has 0 N–H and O–H groups in total. The maximum absolute atomic E-state index is 12.0. The molecular weight excluding hydrogens is 302 g/mol. The molecule has 0 aliphatic rings. The lowest BCUT2D eigenvalue weighted by molar-refractivity contribution is -0.161. The van der Waals surface area contributed by atoms with E-state index in [1.807, 2.05) is 0 Å². The fraction of sp³-hybridized carbons (Fsp3) is 0.500. The summed E-state index contributed by atoms with van der Waals surface area (Å²) in [6.07, 6.45) is 2.81. The van der Waals surface area contributed by atoms with Gasteiger partial charge in [0.05, 0.1) is 25.4 Å². The maximum Gasteiger partial charge on any atom is 0.339 e. The Bertz CT molecular complexity index is 539. The van der Waals surface area contributed by atoms with Crippen molar-refractivity contribution in [3.63, 3.8) is 0 Å². The Morgan fingerprint density at radius 3 is 2.09 bits per heavy atom. The molecule has 0 saturated heterocycles. The van der Waals surface area contributed by atoms with Crippen LogP contribution in [-0.4, -0.2) is 42.7 Å². The first-order valence-corrected chi connectivity index (χ1v) is 7.48. The maximum atomic E-state index is 12.0. The zero-order valence-corrected chi connectivity index (χ0v) is 13.5. The molecule has 0 atom stereocenters. The van der Waals surface area contributed by atoms with Gasteiger partial charge >= 0.3 is 17.9 Å². The summed E-state index contributed by atoms with van der Waals surface area (Å²) in [6.45, 7) is 5.50. The van der Waals surface area contributed by atoms with E-state index in [9.17, 15) is 14.4 Å². The van der Waals surface area contributed by atoms with Crippen molar-refractivity contribution in [1.29, 1.82) is 0 Å². The molecule has 0 aromatic carbocycles. The standard InChI is InChI=1S/C16H21NO6/c1-4-21-14(18)12(15(19)22-5-2)9-11-7-8-17-10-13(11)16(20)23-6-3/h7-8,10,12H,4-6,9H2,1-3H3. The number of hydrogen-bond acceptors (Lipinski definition) is 7. The van der Waals surface area contributed by atoms with E-state index in [-0.39, 0.29) is 31.8 Å². The highest BCUT2D eigenvalue weighted by Gasteiger charge is 2.31. The third-order valence-corrected chi connectivity index (χ3v) is 2.97. The van der Waals surface area contributed by atoms with Gasteiger partial charge in [0.15, 0.2) is 5.92 Å². The summed E-state index contributed by atoms with van der Waals surface area (Å²) in [5, 5.41) is 0. The van der Waals surface area contributed by atoms with Crippen molar-refractivity contribution in [2.45, 2.75) is 27.2 Å². The first kappa shape index (κ1) is 18.6. The van der Waals surface area contributed by atoms with Gasteiger partial charge in [-0.3, -0.25) is 14.6 Å². The molecular formula is C16H21NO6. The Morgan fingerprint density at radius 1 is 1.00 bits per heavy atom. The van der Waals surface area contributed by atoms with Crippen LogP contribution >= 0.6 is 0 Å². The van der Waals surface area contributed by atoms with Crippen LogP contribution in [-0.2, 0) is 30.2 Å². The van der Waals surface area contributed by atoms with E-state index < -0.39 is 23.8 Å². The van der Waals surface area contributed by atoms with Crippen LogP contribution in [0.15, 0.2) is 18.5 Å². The minimum Gasteiger partial charge on any atom is -0.465 e. The average Bonchev–Trinajstić information content (AvgIpc) is 2.53. The SMILES string of the molecule is CCOC(=O)c1cnccc1CC(C(=O)OCC)C(=O)OCC. The monoisotopic (exact) mass is 323 g/mol. The second-order valence-electron chi connectivity index (χ2n) is 4.51. The quantitative estimate of drug-likeness (QED) is 0.407. The van der Waals surface area contributed by atoms with Gasteiger partial charge in [-0.1, -0.05) is 0 Å². The van der Waals surface area contributed by atoms with Crippen LogP contribution in [0.25, 0.3) is 0 Å². The number of aromatic nitrogens is 1. The molecule has 0 radical (unpaired) electrons. The molecule has 7 nitrogen and oxygen atoms in total. The van der Waals surface area contributed by atoms with Crippen molar-refractivity contribution in [1.82, 2.24) is 4.98 Å². The van der Waals surface area contributed by atoms with E-state index in [1.54, 1.807) is 26.8 Å². The molecule has 126 valence electrons. The molecule has 0 unspecified atom stereocenters. The minimum atomic E-state index is -1.13. The number of carbonyl (C=O) groups is 3. The van der Waals surface area contributed by atoms with Gasteiger partial charge in [-0.2, -0.15) is 0 Å².